The molecule has 0 saturated carbocycles. The summed E-state index contributed by atoms with van der Waals surface area (Å²) in [4.78, 5) is 0.653. The molecule has 0 amide bonds. The largest absolute Gasteiger partial charge is 0.396 e. The van der Waals surface area contributed by atoms with E-state index in [4.69, 9.17) is 5.73 Å². The number of nitrogen functional groups attached to an aromatic ring is 1. The Bertz CT molecular complexity index is 436. The lowest BCUT2D eigenvalue weighted by Gasteiger charge is -1.97. The van der Waals surface area contributed by atoms with E-state index < -0.39 is 0 Å². The minimum Gasteiger partial charge on any atom is -0.396 e. The van der Waals surface area contributed by atoms with E-state index in [1.54, 1.807) is 17.5 Å². The fraction of sp³-hybridized carbons (Fsp3) is 0. The summed E-state index contributed by atoms with van der Waals surface area (Å²) >= 11 is 5.60. The Labute approximate surface area is 78.4 Å². The molecule has 2 rings (SSSR count). The minimum atomic E-state index is -0.362. The standard InChI is InChI=1S/C8H6FNS2/c9-8-4(10)1-2-6-7(8)5(11)3-12-6/h1-3,11H,10H2. The Morgan fingerprint density at radius 1 is 1.42 bits per heavy atom. The number of hydrogen-bond acceptors (Lipinski definition) is 3. The van der Waals surface area contributed by atoms with Gasteiger partial charge in [-0.2, -0.15) is 0 Å². The van der Waals surface area contributed by atoms with Crippen LogP contribution in [0.25, 0.3) is 10.1 Å². The molecule has 4 heteroatoms. The number of nitrogens with two attached hydrogens (primary N) is 1. The van der Waals surface area contributed by atoms with Crippen LogP contribution in [0.2, 0.25) is 0 Å². The lowest BCUT2D eigenvalue weighted by molar-refractivity contribution is 0.643. The van der Waals surface area contributed by atoms with Crippen molar-refractivity contribution in [2.45, 2.75) is 4.90 Å². The van der Waals surface area contributed by atoms with Gasteiger partial charge in [-0.15, -0.1) is 24.0 Å². The van der Waals surface area contributed by atoms with Crippen molar-refractivity contribution in [1.29, 1.82) is 0 Å². The molecule has 0 spiro atoms. The van der Waals surface area contributed by atoms with Gasteiger partial charge in [-0.25, -0.2) is 4.39 Å². The molecule has 1 aromatic heterocycles. The van der Waals surface area contributed by atoms with Gasteiger partial charge in [0.15, 0.2) is 5.82 Å². The Morgan fingerprint density at radius 2 is 2.17 bits per heavy atom. The van der Waals surface area contributed by atoms with Gasteiger partial charge in [-0.05, 0) is 12.1 Å². The van der Waals surface area contributed by atoms with Crippen molar-refractivity contribution in [3.8, 4) is 0 Å². The fourth-order valence-corrected chi connectivity index (χ4v) is 2.36. The molecular formula is C8H6FNS2. The van der Waals surface area contributed by atoms with Gasteiger partial charge in [0.2, 0.25) is 0 Å². The highest BCUT2D eigenvalue weighted by Crippen LogP contribution is 2.32. The van der Waals surface area contributed by atoms with Crippen LogP contribution in [-0.4, -0.2) is 0 Å². The van der Waals surface area contributed by atoms with E-state index in [2.05, 4.69) is 12.6 Å². The van der Waals surface area contributed by atoms with Gasteiger partial charge in [0, 0.05) is 20.4 Å². The molecule has 0 radical (unpaired) electrons. The van der Waals surface area contributed by atoms with E-state index in [-0.39, 0.29) is 11.5 Å². The number of thiol groups is 1. The monoisotopic (exact) mass is 199 g/mol. The van der Waals surface area contributed by atoms with Gasteiger partial charge in [0.1, 0.15) is 0 Å². The third-order valence-electron chi connectivity index (χ3n) is 1.69. The number of anilines is 1. The van der Waals surface area contributed by atoms with Crippen LogP contribution in [0.4, 0.5) is 10.1 Å². The molecule has 0 fully saturated rings. The van der Waals surface area contributed by atoms with Crippen molar-refractivity contribution in [2.24, 2.45) is 0 Å². The topological polar surface area (TPSA) is 26.0 Å². The van der Waals surface area contributed by atoms with Crippen LogP contribution >= 0.6 is 24.0 Å². The molecule has 1 aromatic carbocycles. The first-order chi connectivity index (χ1) is 5.70. The van der Waals surface area contributed by atoms with Gasteiger partial charge in [-0.1, -0.05) is 0 Å². The number of hydrogen-bond donors (Lipinski definition) is 2. The lowest BCUT2D eigenvalue weighted by atomic mass is 10.2. The van der Waals surface area contributed by atoms with E-state index in [0.717, 1.165) is 4.70 Å². The SMILES string of the molecule is Nc1ccc2scc(S)c2c1F. The summed E-state index contributed by atoms with van der Waals surface area (Å²) in [6, 6.07) is 3.37. The van der Waals surface area contributed by atoms with Crippen LogP contribution in [0.5, 0.6) is 0 Å². The van der Waals surface area contributed by atoms with Gasteiger partial charge >= 0.3 is 0 Å². The summed E-state index contributed by atoms with van der Waals surface area (Å²) in [6.07, 6.45) is 0. The van der Waals surface area contributed by atoms with Crippen LogP contribution in [-0.2, 0) is 0 Å². The zero-order valence-electron chi connectivity index (χ0n) is 6.04. The van der Waals surface area contributed by atoms with Crippen molar-refractivity contribution in [2.75, 3.05) is 5.73 Å². The first-order valence-corrected chi connectivity index (χ1v) is 4.67. The number of fused-ring (bicyclic) bond motifs is 1. The van der Waals surface area contributed by atoms with Gasteiger partial charge in [0.25, 0.3) is 0 Å². The molecular weight excluding hydrogens is 193 g/mol. The zero-order valence-corrected chi connectivity index (χ0v) is 7.75. The Balaban J connectivity index is 2.96. The van der Waals surface area contributed by atoms with Crippen LogP contribution < -0.4 is 5.73 Å². The maximum absolute atomic E-state index is 13.3. The normalized spacial score (nSPS) is 10.8. The third kappa shape index (κ3) is 0.990. The molecule has 0 atom stereocenters. The summed E-state index contributed by atoms with van der Waals surface area (Å²) < 4.78 is 14.2. The maximum Gasteiger partial charge on any atom is 0.155 e. The molecule has 12 heavy (non-hydrogen) atoms. The van der Waals surface area contributed by atoms with Crippen LogP contribution in [0.1, 0.15) is 0 Å². The highest BCUT2D eigenvalue weighted by molar-refractivity contribution is 7.80. The number of halogens is 1. The van der Waals surface area contributed by atoms with Crippen molar-refractivity contribution >= 4 is 39.7 Å². The summed E-state index contributed by atoms with van der Waals surface area (Å²) in [6.45, 7) is 0. The van der Waals surface area contributed by atoms with E-state index >= 15 is 0 Å². The molecule has 0 bridgehead atoms. The first kappa shape index (κ1) is 7.89. The molecule has 2 N–H and O–H groups in total. The summed E-state index contributed by atoms with van der Waals surface area (Å²) in [5.74, 6) is -0.362. The molecule has 0 aliphatic carbocycles. The molecule has 0 aliphatic rings. The van der Waals surface area contributed by atoms with E-state index in [0.29, 0.717) is 10.3 Å². The number of thiophene rings is 1. The summed E-state index contributed by atoms with van der Waals surface area (Å²) in [7, 11) is 0. The number of benzene rings is 1. The van der Waals surface area contributed by atoms with Crippen molar-refractivity contribution in [3.05, 3.63) is 23.3 Å². The molecule has 2 aromatic rings. The second-order valence-corrected chi connectivity index (χ2v) is 3.86. The first-order valence-electron chi connectivity index (χ1n) is 3.34. The van der Waals surface area contributed by atoms with Crippen molar-refractivity contribution in [1.82, 2.24) is 0 Å². The van der Waals surface area contributed by atoms with E-state index in [1.165, 1.54) is 11.3 Å². The Kier molecular flexibility index (Phi) is 1.73. The van der Waals surface area contributed by atoms with Gasteiger partial charge < -0.3 is 5.73 Å². The molecule has 62 valence electrons. The van der Waals surface area contributed by atoms with E-state index in [1.807, 2.05) is 0 Å². The van der Waals surface area contributed by atoms with Gasteiger partial charge in [-0.3, -0.25) is 0 Å². The number of rotatable bonds is 0. The maximum atomic E-state index is 13.3. The Hall–Kier alpha value is -0.740. The fourth-order valence-electron chi connectivity index (χ4n) is 1.09. The average Bonchev–Trinajstić information content (AvgIpc) is 2.41. The minimum absolute atomic E-state index is 0.177. The summed E-state index contributed by atoms with van der Waals surface area (Å²) in [5.41, 5.74) is 5.59. The second kappa shape index (κ2) is 2.64. The van der Waals surface area contributed by atoms with Crippen LogP contribution in [0.15, 0.2) is 22.4 Å². The predicted molar refractivity (Wildman–Crippen MR) is 53.4 cm³/mol. The highest BCUT2D eigenvalue weighted by atomic mass is 32.1. The second-order valence-electron chi connectivity index (χ2n) is 2.46. The predicted octanol–water partition coefficient (Wildman–Crippen LogP) is 2.91. The van der Waals surface area contributed by atoms with Crippen LogP contribution in [0.3, 0.4) is 0 Å². The molecule has 0 saturated heterocycles. The van der Waals surface area contributed by atoms with Crippen molar-refractivity contribution in [3.63, 3.8) is 0 Å². The molecule has 1 nitrogen and oxygen atoms in total. The third-order valence-corrected chi connectivity index (χ3v) is 3.16. The Morgan fingerprint density at radius 3 is 2.92 bits per heavy atom. The summed E-state index contributed by atoms with van der Waals surface area (Å²) in [5, 5.41) is 2.33. The average molecular weight is 199 g/mol. The smallest absolute Gasteiger partial charge is 0.155 e. The molecule has 0 aliphatic heterocycles. The molecule has 0 unspecified atom stereocenters. The lowest BCUT2D eigenvalue weighted by Crippen LogP contribution is -1.89. The zero-order chi connectivity index (χ0) is 8.72. The highest BCUT2D eigenvalue weighted by Gasteiger charge is 2.08. The van der Waals surface area contributed by atoms with Gasteiger partial charge in [0.05, 0.1) is 5.69 Å². The van der Waals surface area contributed by atoms with Crippen molar-refractivity contribution < 1.29 is 4.39 Å². The molecule has 1 heterocycles. The van der Waals surface area contributed by atoms with E-state index in [9.17, 15) is 4.39 Å². The quantitative estimate of drug-likeness (QED) is 0.495. The van der Waals surface area contributed by atoms with Crippen LogP contribution in [0, 0.1) is 5.82 Å².